The van der Waals surface area contributed by atoms with Gasteiger partial charge in [0, 0.05) is 24.4 Å². The highest BCUT2D eigenvalue weighted by Crippen LogP contribution is 2.39. The fourth-order valence-electron chi connectivity index (χ4n) is 4.04. The van der Waals surface area contributed by atoms with Crippen LogP contribution in [0.25, 0.3) is 0 Å². The number of allylic oxidation sites excluding steroid dienone is 2. The molecule has 0 amide bonds. The third-order valence-corrected chi connectivity index (χ3v) is 5.68. The molecule has 35 heavy (non-hydrogen) atoms. The van der Waals surface area contributed by atoms with Crippen molar-refractivity contribution in [2.45, 2.75) is 32.6 Å². The SMILES string of the molecule is COC(=O)C1=C(C)NC(C)=C(C(=O)OCCCOc2ccc(CCO)cc2)C1c1cccc(F)c1. The van der Waals surface area contributed by atoms with E-state index in [1.807, 2.05) is 24.3 Å². The number of nitrogens with one attached hydrogen (secondary N) is 1. The molecule has 0 spiro atoms. The normalized spacial score (nSPS) is 15.5. The molecule has 2 aromatic rings. The van der Waals surface area contributed by atoms with Gasteiger partial charge in [-0.3, -0.25) is 0 Å². The van der Waals surface area contributed by atoms with Gasteiger partial charge in [0.15, 0.2) is 0 Å². The van der Waals surface area contributed by atoms with Crippen LogP contribution in [0.1, 0.15) is 37.3 Å². The van der Waals surface area contributed by atoms with Gasteiger partial charge in [-0.2, -0.15) is 0 Å². The van der Waals surface area contributed by atoms with Gasteiger partial charge in [0.05, 0.1) is 37.4 Å². The second-order valence-corrected chi connectivity index (χ2v) is 8.14. The van der Waals surface area contributed by atoms with Crippen LogP contribution in [0.15, 0.2) is 71.1 Å². The van der Waals surface area contributed by atoms with Gasteiger partial charge in [-0.15, -0.1) is 0 Å². The highest BCUT2D eigenvalue weighted by molar-refractivity contribution is 5.99. The summed E-state index contributed by atoms with van der Waals surface area (Å²) in [6.07, 6.45) is 1.04. The van der Waals surface area contributed by atoms with Gasteiger partial charge in [0.2, 0.25) is 0 Å². The highest BCUT2D eigenvalue weighted by atomic mass is 19.1. The molecular formula is C27H30FNO6. The van der Waals surface area contributed by atoms with Crippen molar-refractivity contribution in [1.29, 1.82) is 0 Å². The Morgan fingerprint density at radius 1 is 1.00 bits per heavy atom. The lowest BCUT2D eigenvalue weighted by atomic mass is 9.80. The molecule has 1 heterocycles. The van der Waals surface area contributed by atoms with E-state index < -0.39 is 23.7 Å². The predicted octanol–water partition coefficient (Wildman–Crippen LogP) is 3.78. The van der Waals surface area contributed by atoms with Gasteiger partial charge in [-0.05, 0) is 55.7 Å². The number of aliphatic hydroxyl groups excluding tert-OH is 1. The minimum Gasteiger partial charge on any atom is -0.493 e. The summed E-state index contributed by atoms with van der Waals surface area (Å²) in [5.74, 6) is -1.84. The zero-order chi connectivity index (χ0) is 25.4. The first-order valence-corrected chi connectivity index (χ1v) is 11.4. The Labute approximate surface area is 204 Å². The highest BCUT2D eigenvalue weighted by Gasteiger charge is 2.37. The average molecular weight is 484 g/mol. The maximum Gasteiger partial charge on any atom is 0.336 e. The number of ether oxygens (including phenoxy) is 3. The number of dihydropyridines is 1. The van der Waals surface area contributed by atoms with Crippen LogP contribution in [0.5, 0.6) is 5.75 Å². The molecule has 3 rings (SSSR count). The molecule has 7 nitrogen and oxygen atoms in total. The van der Waals surface area contributed by atoms with Gasteiger partial charge < -0.3 is 24.6 Å². The maximum absolute atomic E-state index is 14.0. The summed E-state index contributed by atoms with van der Waals surface area (Å²) < 4.78 is 30.2. The lowest BCUT2D eigenvalue weighted by Gasteiger charge is -2.30. The molecule has 0 aliphatic carbocycles. The van der Waals surface area contributed by atoms with Crippen molar-refractivity contribution in [1.82, 2.24) is 5.32 Å². The van der Waals surface area contributed by atoms with E-state index in [0.29, 0.717) is 42.2 Å². The summed E-state index contributed by atoms with van der Waals surface area (Å²) in [6, 6.07) is 13.2. The van der Waals surface area contributed by atoms with Crippen molar-refractivity contribution in [3.8, 4) is 5.75 Å². The van der Waals surface area contributed by atoms with Crippen LogP contribution in [0.2, 0.25) is 0 Å². The lowest BCUT2D eigenvalue weighted by Crippen LogP contribution is -2.32. The van der Waals surface area contributed by atoms with E-state index in [0.717, 1.165) is 5.56 Å². The number of methoxy groups -OCH3 is 1. The molecule has 0 fully saturated rings. The average Bonchev–Trinajstić information content (AvgIpc) is 2.84. The Kier molecular flexibility index (Phi) is 9.03. The molecule has 8 heteroatoms. The zero-order valence-electron chi connectivity index (χ0n) is 20.1. The van der Waals surface area contributed by atoms with E-state index in [1.165, 1.54) is 25.3 Å². The van der Waals surface area contributed by atoms with Crippen LogP contribution in [-0.4, -0.2) is 44.0 Å². The number of esters is 2. The van der Waals surface area contributed by atoms with Crippen LogP contribution >= 0.6 is 0 Å². The van der Waals surface area contributed by atoms with Crippen molar-refractivity contribution in [2.24, 2.45) is 0 Å². The van der Waals surface area contributed by atoms with Crippen LogP contribution in [0, 0.1) is 5.82 Å². The molecule has 0 radical (unpaired) electrons. The summed E-state index contributed by atoms with van der Waals surface area (Å²) in [6.45, 7) is 3.95. The standard InChI is InChI=1S/C27H30FNO6/c1-17-23(26(31)33-3)25(20-6-4-7-21(28)16-20)24(18(2)29-17)27(32)35-15-5-14-34-22-10-8-19(9-11-22)12-13-30/h4,6-11,16,25,29-30H,5,12-15H2,1-3H3. The van der Waals surface area contributed by atoms with Crippen molar-refractivity contribution >= 4 is 11.9 Å². The molecule has 0 saturated heterocycles. The second kappa shape index (κ2) is 12.2. The van der Waals surface area contributed by atoms with Crippen LogP contribution in [0.4, 0.5) is 4.39 Å². The largest absolute Gasteiger partial charge is 0.493 e. The van der Waals surface area contributed by atoms with E-state index in [4.69, 9.17) is 19.3 Å². The van der Waals surface area contributed by atoms with E-state index >= 15 is 0 Å². The summed E-state index contributed by atoms with van der Waals surface area (Å²) >= 11 is 0. The molecule has 186 valence electrons. The molecule has 0 bridgehead atoms. The number of aliphatic hydroxyl groups is 1. The summed E-state index contributed by atoms with van der Waals surface area (Å²) in [4.78, 5) is 25.7. The minimum absolute atomic E-state index is 0.0908. The van der Waals surface area contributed by atoms with Crippen molar-refractivity contribution in [3.05, 3.63) is 88.0 Å². The van der Waals surface area contributed by atoms with E-state index in [-0.39, 0.29) is 24.4 Å². The summed E-state index contributed by atoms with van der Waals surface area (Å²) in [5, 5.41) is 12.0. The van der Waals surface area contributed by atoms with Gasteiger partial charge in [0.25, 0.3) is 0 Å². The fraction of sp³-hybridized carbons (Fsp3) is 0.333. The Morgan fingerprint density at radius 2 is 1.69 bits per heavy atom. The van der Waals surface area contributed by atoms with Crippen molar-refractivity contribution < 1.29 is 33.3 Å². The molecule has 1 unspecified atom stereocenters. The minimum atomic E-state index is -0.833. The molecule has 0 aromatic heterocycles. The number of hydrogen-bond donors (Lipinski definition) is 2. The topological polar surface area (TPSA) is 94.1 Å². The smallest absolute Gasteiger partial charge is 0.336 e. The first-order valence-electron chi connectivity index (χ1n) is 11.4. The van der Waals surface area contributed by atoms with Crippen LogP contribution in [0.3, 0.4) is 0 Å². The van der Waals surface area contributed by atoms with Gasteiger partial charge in [0.1, 0.15) is 11.6 Å². The Balaban J connectivity index is 1.68. The van der Waals surface area contributed by atoms with E-state index in [9.17, 15) is 14.0 Å². The van der Waals surface area contributed by atoms with E-state index in [1.54, 1.807) is 19.9 Å². The Hall–Kier alpha value is -3.65. The lowest BCUT2D eigenvalue weighted by molar-refractivity contribution is -0.139. The number of carbonyl (C=O) groups is 2. The predicted molar refractivity (Wildman–Crippen MR) is 128 cm³/mol. The van der Waals surface area contributed by atoms with E-state index in [2.05, 4.69) is 5.32 Å². The van der Waals surface area contributed by atoms with Crippen molar-refractivity contribution in [2.75, 3.05) is 26.9 Å². The molecule has 2 aromatic carbocycles. The molecular weight excluding hydrogens is 453 g/mol. The zero-order valence-corrected chi connectivity index (χ0v) is 20.1. The summed E-state index contributed by atoms with van der Waals surface area (Å²) in [7, 11) is 1.26. The fourth-order valence-corrected chi connectivity index (χ4v) is 4.04. The molecule has 1 atom stereocenters. The van der Waals surface area contributed by atoms with Crippen LogP contribution < -0.4 is 10.1 Å². The monoisotopic (exact) mass is 483 g/mol. The van der Waals surface area contributed by atoms with Gasteiger partial charge in [-0.1, -0.05) is 24.3 Å². The van der Waals surface area contributed by atoms with Gasteiger partial charge in [-0.25, -0.2) is 14.0 Å². The third kappa shape index (κ3) is 6.48. The summed E-state index contributed by atoms with van der Waals surface area (Å²) in [5.41, 5.74) is 2.96. The van der Waals surface area contributed by atoms with Crippen LogP contribution in [-0.2, 0) is 25.5 Å². The quantitative estimate of drug-likeness (QED) is 0.392. The second-order valence-electron chi connectivity index (χ2n) is 8.14. The Morgan fingerprint density at radius 3 is 2.31 bits per heavy atom. The first-order chi connectivity index (χ1) is 16.8. The third-order valence-electron chi connectivity index (χ3n) is 5.68. The van der Waals surface area contributed by atoms with Gasteiger partial charge >= 0.3 is 11.9 Å². The number of halogens is 1. The molecule has 0 saturated carbocycles. The number of carbonyl (C=O) groups excluding carboxylic acids is 2. The number of benzene rings is 2. The molecule has 1 aliphatic rings. The number of hydrogen-bond acceptors (Lipinski definition) is 7. The molecule has 1 aliphatic heterocycles. The first kappa shape index (κ1) is 26.0. The number of rotatable bonds is 10. The maximum atomic E-state index is 14.0. The molecule has 2 N–H and O–H groups in total. The van der Waals surface area contributed by atoms with Crippen molar-refractivity contribution in [3.63, 3.8) is 0 Å². The Bertz CT molecular complexity index is 1120.